The van der Waals surface area contributed by atoms with Gasteiger partial charge in [0, 0.05) is 69.7 Å². The summed E-state index contributed by atoms with van der Waals surface area (Å²) in [6.45, 7) is 12.9. The summed E-state index contributed by atoms with van der Waals surface area (Å²) in [5.41, 5.74) is 1.84. The standard InChI is InChI=1S/C32H40F3N5O.CH4/c1-31(2,3)25-5-8-28(9-6-25)40-20-23-18-38(19-24(23)21-40)13-12-30(41)39-14-10-26(11-15-39)37-27-7-4-22(17-36)29(16-27)32(33,34)35;/h4-9,16,23-24,26,37H,10-15,18-21H2,1-3H3;1H4. The molecule has 3 saturated heterocycles. The van der Waals surface area contributed by atoms with Crippen LogP contribution in [0.25, 0.3) is 0 Å². The average Bonchev–Trinajstić information content (AvgIpc) is 3.50. The molecular weight excluding hydrogens is 539 g/mol. The van der Waals surface area contributed by atoms with E-state index < -0.39 is 11.7 Å². The highest BCUT2D eigenvalue weighted by Crippen LogP contribution is 2.36. The lowest BCUT2D eigenvalue weighted by Crippen LogP contribution is -2.43. The molecule has 0 aliphatic carbocycles. The molecule has 1 N–H and O–H groups in total. The minimum atomic E-state index is -4.58. The molecule has 3 aliphatic heterocycles. The van der Waals surface area contributed by atoms with Crippen LogP contribution in [0.1, 0.15) is 64.2 Å². The van der Waals surface area contributed by atoms with Gasteiger partial charge in [-0.05, 0) is 66.0 Å². The summed E-state index contributed by atoms with van der Waals surface area (Å²) >= 11 is 0. The molecule has 2 aromatic rings. The number of nitrogens with one attached hydrogen (secondary N) is 1. The van der Waals surface area contributed by atoms with E-state index in [0.717, 1.165) is 38.8 Å². The van der Waals surface area contributed by atoms with E-state index >= 15 is 0 Å². The number of anilines is 2. The lowest BCUT2D eigenvalue weighted by atomic mass is 9.87. The van der Waals surface area contributed by atoms with Crippen LogP contribution >= 0.6 is 0 Å². The van der Waals surface area contributed by atoms with E-state index in [2.05, 4.69) is 60.2 Å². The molecule has 6 nitrogen and oxygen atoms in total. The van der Waals surface area contributed by atoms with E-state index in [1.807, 2.05) is 4.90 Å². The molecule has 2 atom stereocenters. The minimum absolute atomic E-state index is 0. The van der Waals surface area contributed by atoms with Crippen LogP contribution in [0.2, 0.25) is 0 Å². The van der Waals surface area contributed by atoms with Crippen molar-refractivity contribution in [2.75, 3.05) is 56.0 Å². The Morgan fingerprint density at radius 2 is 1.60 bits per heavy atom. The molecule has 42 heavy (non-hydrogen) atoms. The van der Waals surface area contributed by atoms with Crippen molar-refractivity contribution in [3.63, 3.8) is 0 Å². The zero-order valence-corrected chi connectivity index (χ0v) is 24.2. The van der Waals surface area contributed by atoms with E-state index in [-0.39, 0.29) is 30.4 Å². The van der Waals surface area contributed by atoms with E-state index in [0.29, 0.717) is 49.9 Å². The number of hydrogen-bond donors (Lipinski definition) is 1. The number of hydrogen-bond acceptors (Lipinski definition) is 5. The highest BCUT2D eigenvalue weighted by atomic mass is 19.4. The van der Waals surface area contributed by atoms with Gasteiger partial charge in [-0.2, -0.15) is 18.4 Å². The minimum Gasteiger partial charge on any atom is -0.382 e. The third kappa shape index (κ3) is 7.20. The maximum Gasteiger partial charge on any atom is 0.417 e. The van der Waals surface area contributed by atoms with Crippen LogP contribution in [0.15, 0.2) is 42.5 Å². The van der Waals surface area contributed by atoms with Crippen molar-refractivity contribution >= 4 is 17.3 Å². The molecule has 3 heterocycles. The molecule has 0 bridgehead atoms. The predicted octanol–water partition coefficient (Wildman–Crippen LogP) is 6.37. The van der Waals surface area contributed by atoms with Crippen molar-refractivity contribution in [2.24, 2.45) is 11.8 Å². The topological polar surface area (TPSA) is 62.6 Å². The molecule has 5 rings (SSSR count). The molecule has 2 unspecified atom stereocenters. The molecule has 0 aromatic heterocycles. The molecule has 0 radical (unpaired) electrons. The van der Waals surface area contributed by atoms with Crippen molar-refractivity contribution in [2.45, 2.75) is 65.1 Å². The van der Waals surface area contributed by atoms with Gasteiger partial charge in [0.25, 0.3) is 0 Å². The average molecular weight is 584 g/mol. The molecule has 1 amide bonds. The van der Waals surface area contributed by atoms with Crippen LogP contribution in [-0.2, 0) is 16.4 Å². The zero-order chi connectivity index (χ0) is 29.4. The van der Waals surface area contributed by atoms with E-state index in [4.69, 9.17) is 5.26 Å². The maximum atomic E-state index is 13.3. The normalized spacial score (nSPS) is 21.5. The van der Waals surface area contributed by atoms with Crippen LogP contribution in [-0.4, -0.2) is 67.6 Å². The Balaban J connectivity index is 0.00000405. The van der Waals surface area contributed by atoms with Gasteiger partial charge in [-0.15, -0.1) is 0 Å². The quantitative estimate of drug-likeness (QED) is 0.428. The number of likely N-dealkylation sites (tertiary alicyclic amines) is 2. The molecule has 2 aromatic carbocycles. The summed E-state index contributed by atoms with van der Waals surface area (Å²) in [5, 5.41) is 12.2. The number of halogens is 3. The fourth-order valence-corrected chi connectivity index (χ4v) is 6.54. The van der Waals surface area contributed by atoms with Gasteiger partial charge < -0.3 is 20.0 Å². The number of alkyl halides is 3. The fraction of sp³-hybridized carbons (Fsp3) is 0.576. The number of piperidine rings is 1. The van der Waals surface area contributed by atoms with Gasteiger partial charge in [-0.3, -0.25) is 4.79 Å². The first kappa shape index (κ1) is 31.7. The van der Waals surface area contributed by atoms with Crippen molar-refractivity contribution in [3.8, 4) is 6.07 Å². The van der Waals surface area contributed by atoms with Crippen LogP contribution in [0.4, 0.5) is 24.5 Å². The summed E-state index contributed by atoms with van der Waals surface area (Å²) in [5.74, 6) is 1.42. The summed E-state index contributed by atoms with van der Waals surface area (Å²) in [6, 6.07) is 14.3. The Hall–Kier alpha value is -3.25. The number of nitriles is 1. The Morgan fingerprint density at radius 1 is 0.976 bits per heavy atom. The molecule has 9 heteroatoms. The number of nitrogens with zero attached hydrogens (tertiary/aromatic N) is 4. The fourth-order valence-electron chi connectivity index (χ4n) is 6.54. The van der Waals surface area contributed by atoms with Crippen LogP contribution in [0.5, 0.6) is 0 Å². The Morgan fingerprint density at radius 3 is 2.14 bits per heavy atom. The molecule has 0 spiro atoms. The monoisotopic (exact) mass is 583 g/mol. The van der Waals surface area contributed by atoms with Gasteiger partial charge in [-0.25, -0.2) is 0 Å². The van der Waals surface area contributed by atoms with Crippen molar-refractivity contribution in [1.29, 1.82) is 5.26 Å². The zero-order valence-electron chi connectivity index (χ0n) is 24.2. The second-order valence-electron chi connectivity index (χ2n) is 12.9. The van der Waals surface area contributed by atoms with E-state index in [1.54, 1.807) is 6.07 Å². The van der Waals surface area contributed by atoms with E-state index in [9.17, 15) is 18.0 Å². The lowest BCUT2D eigenvalue weighted by molar-refractivity contribution is -0.137. The Labute approximate surface area is 248 Å². The summed E-state index contributed by atoms with van der Waals surface area (Å²) < 4.78 is 39.9. The van der Waals surface area contributed by atoms with Gasteiger partial charge in [0.05, 0.1) is 17.2 Å². The highest BCUT2D eigenvalue weighted by Gasteiger charge is 2.40. The Kier molecular flexibility index (Phi) is 9.46. The number of rotatable bonds is 6. The van der Waals surface area contributed by atoms with Crippen LogP contribution in [0, 0.1) is 23.2 Å². The van der Waals surface area contributed by atoms with Crippen LogP contribution < -0.4 is 10.2 Å². The van der Waals surface area contributed by atoms with Gasteiger partial charge >= 0.3 is 6.18 Å². The maximum absolute atomic E-state index is 13.3. The summed E-state index contributed by atoms with van der Waals surface area (Å²) in [7, 11) is 0. The largest absolute Gasteiger partial charge is 0.417 e. The highest BCUT2D eigenvalue weighted by molar-refractivity contribution is 5.76. The number of carbonyl (C=O) groups excluding carboxylic acids is 1. The first-order chi connectivity index (χ1) is 19.4. The van der Waals surface area contributed by atoms with Crippen LogP contribution in [0.3, 0.4) is 0 Å². The number of fused-ring (bicyclic) bond motifs is 1. The molecular formula is C33H44F3N5O. The van der Waals surface area contributed by atoms with Gasteiger partial charge in [0.15, 0.2) is 0 Å². The van der Waals surface area contributed by atoms with Crippen molar-refractivity contribution in [3.05, 3.63) is 59.2 Å². The van der Waals surface area contributed by atoms with Gasteiger partial charge in [0.1, 0.15) is 0 Å². The lowest BCUT2D eigenvalue weighted by Gasteiger charge is -2.33. The Bertz CT molecular complexity index is 1260. The van der Waals surface area contributed by atoms with Crippen molar-refractivity contribution < 1.29 is 18.0 Å². The molecule has 3 fully saturated rings. The van der Waals surface area contributed by atoms with Crippen molar-refractivity contribution in [1.82, 2.24) is 9.80 Å². The second-order valence-corrected chi connectivity index (χ2v) is 12.9. The van der Waals surface area contributed by atoms with Gasteiger partial charge in [0.2, 0.25) is 5.91 Å². The predicted molar refractivity (Wildman–Crippen MR) is 162 cm³/mol. The number of benzene rings is 2. The van der Waals surface area contributed by atoms with Gasteiger partial charge in [-0.1, -0.05) is 40.3 Å². The molecule has 0 saturated carbocycles. The van der Waals surface area contributed by atoms with E-state index in [1.165, 1.54) is 23.4 Å². The first-order valence-electron chi connectivity index (χ1n) is 14.6. The number of carbonyl (C=O) groups is 1. The summed E-state index contributed by atoms with van der Waals surface area (Å²) in [4.78, 5) is 19.8. The number of amides is 1. The molecule has 228 valence electrons. The molecule has 3 aliphatic rings. The third-order valence-corrected chi connectivity index (χ3v) is 8.97. The summed E-state index contributed by atoms with van der Waals surface area (Å²) in [6.07, 6.45) is -2.73. The SMILES string of the molecule is C.CC(C)(C)c1ccc(N2CC3CN(CCC(=O)N4CCC(Nc5ccc(C#N)c(C(F)(F)F)c5)CC4)CC3C2)cc1. The first-order valence-corrected chi connectivity index (χ1v) is 14.6. The second kappa shape index (κ2) is 12.5. The third-order valence-electron chi connectivity index (χ3n) is 8.97. The smallest absolute Gasteiger partial charge is 0.382 e.